The van der Waals surface area contributed by atoms with E-state index in [0.717, 1.165) is 63.5 Å². The summed E-state index contributed by atoms with van der Waals surface area (Å²) in [5.41, 5.74) is 0.400. The van der Waals surface area contributed by atoms with Crippen LogP contribution in [-0.2, 0) is 10.9 Å². The molecule has 6 heteroatoms. The summed E-state index contributed by atoms with van der Waals surface area (Å²) in [6.07, 6.45) is 4.83. The average Bonchev–Trinajstić information content (AvgIpc) is 2.73. The Bertz CT molecular complexity index is 719. The fourth-order valence-corrected chi connectivity index (χ4v) is 4.55. The molecule has 0 radical (unpaired) electrons. The standard InChI is InChI=1S/C23H27F4NO/c24-21(14-28)13-16-3-11-22(12-4-16)29-15-17-1-5-18(6-2-17)19-7-9-20(10-8-19)23(25,26)27/h7-10,13,16-18,22H,1-6,11-12,15H2/t16-,17-,18-,22-. The molecule has 0 saturated heterocycles. The van der Waals surface area contributed by atoms with Gasteiger partial charge in [0.05, 0.1) is 11.7 Å². The van der Waals surface area contributed by atoms with Gasteiger partial charge in [0.1, 0.15) is 6.07 Å². The minimum absolute atomic E-state index is 0.133. The van der Waals surface area contributed by atoms with Crippen LogP contribution in [0, 0.1) is 23.2 Å². The van der Waals surface area contributed by atoms with Gasteiger partial charge < -0.3 is 4.74 Å². The molecule has 2 fully saturated rings. The van der Waals surface area contributed by atoms with E-state index < -0.39 is 17.6 Å². The molecule has 0 atom stereocenters. The maximum absolute atomic E-state index is 13.0. The number of ether oxygens (including phenoxy) is 1. The Hall–Kier alpha value is -1.87. The normalized spacial score (nSPS) is 28.7. The van der Waals surface area contributed by atoms with Gasteiger partial charge in [-0.3, -0.25) is 0 Å². The average molecular weight is 409 g/mol. The molecule has 3 rings (SSSR count). The van der Waals surface area contributed by atoms with Gasteiger partial charge in [-0.2, -0.15) is 22.8 Å². The van der Waals surface area contributed by atoms with Crippen LogP contribution in [0.25, 0.3) is 0 Å². The second kappa shape index (κ2) is 9.75. The maximum Gasteiger partial charge on any atom is 0.416 e. The van der Waals surface area contributed by atoms with Gasteiger partial charge >= 0.3 is 6.18 Å². The van der Waals surface area contributed by atoms with Gasteiger partial charge in [0.2, 0.25) is 0 Å². The third-order valence-electron chi connectivity index (χ3n) is 6.33. The number of halogens is 4. The van der Waals surface area contributed by atoms with E-state index in [0.29, 0.717) is 11.8 Å². The molecule has 0 heterocycles. The molecule has 0 aromatic heterocycles. The van der Waals surface area contributed by atoms with Crippen LogP contribution in [0.4, 0.5) is 17.6 Å². The van der Waals surface area contributed by atoms with Crippen LogP contribution in [-0.4, -0.2) is 12.7 Å². The number of hydrogen-bond acceptors (Lipinski definition) is 2. The van der Waals surface area contributed by atoms with Crippen LogP contribution >= 0.6 is 0 Å². The number of rotatable bonds is 5. The lowest BCUT2D eigenvalue weighted by Crippen LogP contribution is -2.25. The van der Waals surface area contributed by atoms with E-state index in [1.165, 1.54) is 24.3 Å². The van der Waals surface area contributed by atoms with Gasteiger partial charge in [-0.15, -0.1) is 0 Å². The molecule has 0 unspecified atom stereocenters. The Morgan fingerprint density at radius 1 is 1.00 bits per heavy atom. The number of allylic oxidation sites excluding steroid dienone is 2. The quantitative estimate of drug-likeness (QED) is 0.390. The van der Waals surface area contributed by atoms with Crippen molar-refractivity contribution in [2.45, 2.75) is 69.6 Å². The monoisotopic (exact) mass is 409 g/mol. The highest BCUT2D eigenvalue weighted by atomic mass is 19.4. The van der Waals surface area contributed by atoms with Gasteiger partial charge in [-0.1, -0.05) is 12.1 Å². The largest absolute Gasteiger partial charge is 0.416 e. The maximum atomic E-state index is 13.0. The van der Waals surface area contributed by atoms with E-state index in [9.17, 15) is 17.6 Å². The van der Waals surface area contributed by atoms with Crippen molar-refractivity contribution in [2.24, 2.45) is 11.8 Å². The first-order chi connectivity index (χ1) is 13.8. The van der Waals surface area contributed by atoms with E-state index in [1.54, 1.807) is 12.1 Å². The topological polar surface area (TPSA) is 33.0 Å². The van der Waals surface area contributed by atoms with Crippen molar-refractivity contribution >= 4 is 0 Å². The van der Waals surface area contributed by atoms with Gasteiger partial charge in [-0.05, 0) is 92.9 Å². The van der Waals surface area contributed by atoms with E-state index in [1.807, 2.05) is 0 Å². The number of nitriles is 1. The van der Waals surface area contributed by atoms with Crippen molar-refractivity contribution in [2.75, 3.05) is 6.61 Å². The van der Waals surface area contributed by atoms with Gasteiger partial charge in [0, 0.05) is 6.61 Å². The summed E-state index contributed by atoms with van der Waals surface area (Å²) in [7, 11) is 0. The minimum Gasteiger partial charge on any atom is -0.378 e. The molecule has 0 aliphatic heterocycles. The number of nitrogens with zero attached hydrogens (tertiary/aromatic N) is 1. The highest BCUT2D eigenvalue weighted by Gasteiger charge is 2.31. The lowest BCUT2D eigenvalue weighted by Gasteiger charge is -2.32. The summed E-state index contributed by atoms with van der Waals surface area (Å²) in [4.78, 5) is 0. The Labute approximate surface area is 169 Å². The zero-order valence-corrected chi connectivity index (χ0v) is 16.4. The van der Waals surface area contributed by atoms with Crippen LogP contribution in [0.5, 0.6) is 0 Å². The predicted octanol–water partition coefficient (Wildman–Crippen LogP) is 6.93. The van der Waals surface area contributed by atoms with Crippen LogP contribution in [0.3, 0.4) is 0 Å². The molecule has 1 aromatic carbocycles. The van der Waals surface area contributed by atoms with Gasteiger partial charge in [0.25, 0.3) is 0 Å². The first kappa shape index (κ1) is 21.8. The lowest BCUT2D eigenvalue weighted by molar-refractivity contribution is -0.137. The van der Waals surface area contributed by atoms with Crippen molar-refractivity contribution in [3.63, 3.8) is 0 Å². The molecule has 2 saturated carbocycles. The fraction of sp³-hybridized carbons (Fsp3) is 0.609. The minimum atomic E-state index is -4.28. The zero-order chi connectivity index (χ0) is 20.9. The van der Waals surface area contributed by atoms with Crippen molar-refractivity contribution in [1.82, 2.24) is 0 Å². The second-order valence-electron chi connectivity index (χ2n) is 8.33. The van der Waals surface area contributed by atoms with Crippen molar-refractivity contribution in [3.05, 3.63) is 47.3 Å². The Balaban J connectivity index is 1.38. The van der Waals surface area contributed by atoms with Crippen molar-refractivity contribution < 1.29 is 22.3 Å². The van der Waals surface area contributed by atoms with Crippen molar-refractivity contribution in [1.29, 1.82) is 5.26 Å². The highest BCUT2D eigenvalue weighted by molar-refractivity contribution is 5.27. The molecule has 0 spiro atoms. The highest BCUT2D eigenvalue weighted by Crippen LogP contribution is 2.38. The number of hydrogen-bond donors (Lipinski definition) is 0. The van der Waals surface area contributed by atoms with E-state index in [-0.39, 0.29) is 12.0 Å². The molecule has 0 bridgehead atoms. The third-order valence-corrected chi connectivity index (χ3v) is 6.33. The fourth-order valence-electron chi connectivity index (χ4n) is 4.55. The molecule has 2 aliphatic rings. The summed E-state index contributed by atoms with van der Waals surface area (Å²) >= 11 is 0. The predicted molar refractivity (Wildman–Crippen MR) is 103 cm³/mol. The van der Waals surface area contributed by atoms with Crippen LogP contribution in [0.1, 0.15) is 68.4 Å². The number of alkyl halides is 3. The summed E-state index contributed by atoms with van der Waals surface area (Å²) in [5, 5.41) is 8.52. The first-order valence-corrected chi connectivity index (χ1v) is 10.4. The molecule has 1 aromatic rings. The van der Waals surface area contributed by atoms with Gasteiger partial charge in [-0.25, -0.2) is 0 Å². The second-order valence-corrected chi connectivity index (χ2v) is 8.33. The molecule has 0 amide bonds. The molecule has 158 valence electrons. The molecule has 2 aliphatic carbocycles. The Morgan fingerprint density at radius 2 is 1.62 bits per heavy atom. The zero-order valence-electron chi connectivity index (χ0n) is 16.4. The van der Waals surface area contributed by atoms with Crippen molar-refractivity contribution in [3.8, 4) is 6.07 Å². The van der Waals surface area contributed by atoms with E-state index in [2.05, 4.69) is 0 Å². The van der Waals surface area contributed by atoms with Crippen LogP contribution in [0.15, 0.2) is 36.2 Å². The SMILES string of the molecule is N#CC(F)=C[C@H]1CC[C@H](OC[C@H]2CC[C@H](c3ccc(C(F)(F)F)cc3)CC2)CC1. The lowest BCUT2D eigenvalue weighted by atomic mass is 9.79. The van der Waals surface area contributed by atoms with E-state index in [4.69, 9.17) is 10.00 Å². The summed E-state index contributed by atoms with van der Waals surface area (Å²) in [6, 6.07) is 7.12. The molecule has 2 nitrogen and oxygen atoms in total. The summed E-state index contributed by atoms with van der Waals surface area (Å²) in [6.45, 7) is 0.720. The van der Waals surface area contributed by atoms with Crippen LogP contribution < -0.4 is 0 Å². The molecular weight excluding hydrogens is 382 g/mol. The van der Waals surface area contributed by atoms with Crippen LogP contribution in [0.2, 0.25) is 0 Å². The number of benzene rings is 1. The Morgan fingerprint density at radius 3 is 2.17 bits per heavy atom. The Kier molecular flexibility index (Phi) is 7.34. The molecule has 29 heavy (non-hydrogen) atoms. The summed E-state index contributed by atoms with van der Waals surface area (Å²) < 4.78 is 57.2. The smallest absolute Gasteiger partial charge is 0.378 e. The third kappa shape index (κ3) is 6.30. The molecule has 0 N–H and O–H groups in total. The van der Waals surface area contributed by atoms with E-state index >= 15 is 0 Å². The molecular formula is C23H27F4NO. The summed E-state index contributed by atoms with van der Waals surface area (Å²) in [5.74, 6) is 0.257. The van der Waals surface area contributed by atoms with Gasteiger partial charge in [0.15, 0.2) is 5.83 Å². The first-order valence-electron chi connectivity index (χ1n) is 10.4.